The minimum absolute atomic E-state index is 0.663. The number of hydrogen-bond acceptors (Lipinski definition) is 4. The van der Waals surface area contributed by atoms with Crippen LogP contribution in [-0.4, -0.2) is 52.7 Å². The lowest BCUT2D eigenvalue weighted by Gasteiger charge is -2.08. The van der Waals surface area contributed by atoms with Gasteiger partial charge in [0.2, 0.25) is 0 Å². The molecule has 0 amide bonds. The Bertz CT molecular complexity index is 154. The molecule has 4 nitrogen and oxygen atoms in total. The van der Waals surface area contributed by atoms with Crippen LogP contribution in [0.2, 0.25) is 0 Å². The lowest BCUT2D eigenvalue weighted by molar-refractivity contribution is 0.0163. The standard InChI is InChI=1S/C14H31NO3/c1-4-16-9-10-18-12-11-17-8-6-5-7-15-13-14(2)3/h14-15H,4-13H2,1-3H3. The van der Waals surface area contributed by atoms with Crippen molar-refractivity contribution in [1.82, 2.24) is 5.32 Å². The van der Waals surface area contributed by atoms with Gasteiger partial charge in [-0.15, -0.1) is 0 Å². The molecule has 0 saturated carbocycles. The van der Waals surface area contributed by atoms with E-state index in [1.807, 2.05) is 6.92 Å². The molecular weight excluding hydrogens is 230 g/mol. The van der Waals surface area contributed by atoms with Crippen molar-refractivity contribution in [2.24, 2.45) is 5.92 Å². The summed E-state index contributed by atoms with van der Waals surface area (Å²) in [5, 5.41) is 3.42. The van der Waals surface area contributed by atoms with Gasteiger partial charge in [-0.3, -0.25) is 0 Å². The average Bonchev–Trinajstić information content (AvgIpc) is 2.34. The highest BCUT2D eigenvalue weighted by Gasteiger charge is 1.94. The Morgan fingerprint density at radius 3 is 2.06 bits per heavy atom. The van der Waals surface area contributed by atoms with Crippen molar-refractivity contribution >= 4 is 0 Å². The van der Waals surface area contributed by atoms with Crippen molar-refractivity contribution in [3.63, 3.8) is 0 Å². The SMILES string of the molecule is CCOCCOCCOCCCCNCC(C)C. The Kier molecular flexibility index (Phi) is 14.8. The summed E-state index contributed by atoms with van der Waals surface area (Å²) in [5.74, 6) is 0.732. The van der Waals surface area contributed by atoms with Crippen LogP contribution in [0.25, 0.3) is 0 Å². The zero-order valence-electron chi connectivity index (χ0n) is 12.4. The molecule has 0 aliphatic carbocycles. The van der Waals surface area contributed by atoms with Gasteiger partial charge in [0.25, 0.3) is 0 Å². The molecule has 4 heteroatoms. The number of nitrogens with one attached hydrogen (secondary N) is 1. The summed E-state index contributed by atoms with van der Waals surface area (Å²) in [6, 6.07) is 0. The molecule has 0 saturated heterocycles. The van der Waals surface area contributed by atoms with Gasteiger partial charge in [0.05, 0.1) is 26.4 Å². The van der Waals surface area contributed by atoms with Crippen LogP contribution in [0.3, 0.4) is 0 Å². The van der Waals surface area contributed by atoms with Gasteiger partial charge in [-0.1, -0.05) is 13.8 Å². The van der Waals surface area contributed by atoms with E-state index in [4.69, 9.17) is 14.2 Å². The maximum atomic E-state index is 5.47. The molecule has 0 aliphatic heterocycles. The van der Waals surface area contributed by atoms with Crippen molar-refractivity contribution in [3.8, 4) is 0 Å². The molecule has 0 heterocycles. The minimum atomic E-state index is 0.663. The van der Waals surface area contributed by atoms with E-state index < -0.39 is 0 Å². The highest BCUT2D eigenvalue weighted by Crippen LogP contribution is 1.91. The molecule has 0 bridgehead atoms. The highest BCUT2D eigenvalue weighted by atomic mass is 16.5. The maximum Gasteiger partial charge on any atom is 0.0701 e. The van der Waals surface area contributed by atoms with Gasteiger partial charge in [-0.2, -0.15) is 0 Å². The number of rotatable bonds is 14. The van der Waals surface area contributed by atoms with Gasteiger partial charge >= 0.3 is 0 Å². The van der Waals surface area contributed by atoms with E-state index in [-0.39, 0.29) is 0 Å². The zero-order chi connectivity index (χ0) is 13.5. The Morgan fingerprint density at radius 2 is 1.44 bits per heavy atom. The van der Waals surface area contributed by atoms with Gasteiger partial charge in [-0.05, 0) is 38.8 Å². The molecule has 0 radical (unpaired) electrons. The monoisotopic (exact) mass is 261 g/mol. The van der Waals surface area contributed by atoms with Crippen molar-refractivity contribution in [3.05, 3.63) is 0 Å². The predicted molar refractivity (Wildman–Crippen MR) is 75.1 cm³/mol. The van der Waals surface area contributed by atoms with Crippen LogP contribution in [0, 0.1) is 5.92 Å². The molecule has 18 heavy (non-hydrogen) atoms. The fourth-order valence-electron chi connectivity index (χ4n) is 1.43. The van der Waals surface area contributed by atoms with Gasteiger partial charge in [0, 0.05) is 13.2 Å². The van der Waals surface area contributed by atoms with Crippen LogP contribution in [0.4, 0.5) is 0 Å². The molecule has 110 valence electrons. The summed E-state index contributed by atoms with van der Waals surface area (Å²) in [5.41, 5.74) is 0. The summed E-state index contributed by atoms with van der Waals surface area (Å²) in [6.45, 7) is 12.9. The summed E-state index contributed by atoms with van der Waals surface area (Å²) in [4.78, 5) is 0. The molecule has 0 aromatic rings. The van der Waals surface area contributed by atoms with E-state index in [1.54, 1.807) is 0 Å². The molecule has 0 unspecified atom stereocenters. The van der Waals surface area contributed by atoms with Crippen LogP contribution < -0.4 is 5.32 Å². The average molecular weight is 261 g/mol. The van der Waals surface area contributed by atoms with E-state index in [9.17, 15) is 0 Å². The van der Waals surface area contributed by atoms with E-state index in [2.05, 4.69) is 19.2 Å². The first-order valence-electron chi connectivity index (χ1n) is 7.21. The number of unbranched alkanes of at least 4 members (excludes halogenated alkanes) is 1. The van der Waals surface area contributed by atoms with Gasteiger partial charge in [0.1, 0.15) is 0 Å². The lowest BCUT2D eigenvalue weighted by atomic mass is 10.2. The minimum Gasteiger partial charge on any atom is -0.379 e. The van der Waals surface area contributed by atoms with Crippen LogP contribution in [0.15, 0.2) is 0 Å². The second-order valence-corrected chi connectivity index (χ2v) is 4.73. The third-order valence-corrected chi connectivity index (χ3v) is 2.39. The van der Waals surface area contributed by atoms with Crippen LogP contribution >= 0.6 is 0 Å². The van der Waals surface area contributed by atoms with Crippen molar-refractivity contribution in [1.29, 1.82) is 0 Å². The Morgan fingerprint density at radius 1 is 0.833 bits per heavy atom. The maximum absolute atomic E-state index is 5.47. The van der Waals surface area contributed by atoms with Crippen molar-refractivity contribution in [2.75, 3.05) is 52.7 Å². The first-order valence-corrected chi connectivity index (χ1v) is 7.21. The molecule has 0 spiro atoms. The molecule has 0 aromatic carbocycles. The summed E-state index contributed by atoms with van der Waals surface area (Å²) in [7, 11) is 0. The molecule has 0 rings (SSSR count). The van der Waals surface area contributed by atoms with E-state index in [1.165, 1.54) is 6.42 Å². The molecule has 0 aromatic heterocycles. The largest absolute Gasteiger partial charge is 0.379 e. The van der Waals surface area contributed by atoms with Crippen molar-refractivity contribution < 1.29 is 14.2 Å². The summed E-state index contributed by atoms with van der Waals surface area (Å²) < 4.78 is 16.0. The zero-order valence-corrected chi connectivity index (χ0v) is 12.4. The van der Waals surface area contributed by atoms with Crippen LogP contribution in [-0.2, 0) is 14.2 Å². The second-order valence-electron chi connectivity index (χ2n) is 4.73. The van der Waals surface area contributed by atoms with Gasteiger partial charge in [0.15, 0.2) is 0 Å². The number of ether oxygens (including phenoxy) is 3. The van der Waals surface area contributed by atoms with Crippen LogP contribution in [0.5, 0.6) is 0 Å². The first-order chi connectivity index (χ1) is 8.77. The predicted octanol–water partition coefficient (Wildman–Crippen LogP) is 2.08. The third-order valence-electron chi connectivity index (χ3n) is 2.39. The van der Waals surface area contributed by atoms with Gasteiger partial charge in [-0.25, -0.2) is 0 Å². The fraction of sp³-hybridized carbons (Fsp3) is 1.00. The molecule has 0 atom stereocenters. The lowest BCUT2D eigenvalue weighted by Crippen LogP contribution is -2.21. The molecule has 0 fully saturated rings. The first kappa shape index (κ1) is 17.8. The van der Waals surface area contributed by atoms with E-state index in [0.717, 1.165) is 38.6 Å². The van der Waals surface area contributed by atoms with Gasteiger partial charge < -0.3 is 19.5 Å². The van der Waals surface area contributed by atoms with Crippen molar-refractivity contribution in [2.45, 2.75) is 33.6 Å². The van der Waals surface area contributed by atoms with E-state index >= 15 is 0 Å². The quantitative estimate of drug-likeness (QED) is 0.486. The third kappa shape index (κ3) is 15.8. The number of hydrogen-bond donors (Lipinski definition) is 1. The molecule has 1 N–H and O–H groups in total. The Balaban J connectivity index is 2.90. The smallest absolute Gasteiger partial charge is 0.0701 e. The Hall–Kier alpha value is -0.160. The normalized spacial score (nSPS) is 11.3. The Labute approximate surface area is 112 Å². The van der Waals surface area contributed by atoms with E-state index in [0.29, 0.717) is 26.4 Å². The molecule has 0 aliphatic rings. The summed E-state index contributed by atoms with van der Waals surface area (Å²) >= 11 is 0. The second kappa shape index (κ2) is 14.9. The molecular formula is C14H31NO3. The van der Waals surface area contributed by atoms with Crippen LogP contribution in [0.1, 0.15) is 33.6 Å². The summed E-state index contributed by atoms with van der Waals surface area (Å²) in [6.07, 6.45) is 2.29. The highest BCUT2D eigenvalue weighted by molar-refractivity contribution is 4.51. The topological polar surface area (TPSA) is 39.7 Å². The fourth-order valence-corrected chi connectivity index (χ4v) is 1.43.